The number of hydrogen-bond donors (Lipinski definition) is 1. The van der Waals surface area contributed by atoms with Crippen LogP contribution in [0, 0.1) is 6.92 Å². The number of methoxy groups -OCH3 is 1. The highest BCUT2D eigenvalue weighted by Gasteiger charge is 2.34. The largest absolute Gasteiger partial charge is 0.464 e. The third-order valence-electron chi connectivity index (χ3n) is 4.29. The molecule has 8 heteroatoms. The lowest BCUT2D eigenvalue weighted by Crippen LogP contribution is -2.42. The van der Waals surface area contributed by atoms with E-state index in [1.165, 1.54) is 0 Å². The molecular formula is C16H23N5O3. The molecule has 1 aliphatic heterocycles. The Morgan fingerprint density at radius 2 is 2.38 bits per heavy atom. The second-order valence-electron chi connectivity index (χ2n) is 6.06. The quantitative estimate of drug-likeness (QED) is 0.904. The van der Waals surface area contributed by atoms with Crippen molar-refractivity contribution in [2.24, 2.45) is 7.05 Å². The molecule has 0 spiro atoms. The summed E-state index contributed by atoms with van der Waals surface area (Å²) in [6, 6.07) is 3.22. The number of furan rings is 1. The Kier molecular flexibility index (Phi) is 4.84. The van der Waals surface area contributed by atoms with E-state index in [0.29, 0.717) is 18.9 Å². The summed E-state index contributed by atoms with van der Waals surface area (Å²) in [6.07, 6.45) is 3.48. The molecule has 2 aromatic rings. The molecule has 1 aliphatic rings. The van der Waals surface area contributed by atoms with Crippen molar-refractivity contribution in [2.75, 3.05) is 20.3 Å². The van der Waals surface area contributed by atoms with Gasteiger partial charge in [-0.1, -0.05) is 0 Å². The first-order valence-corrected chi connectivity index (χ1v) is 8.06. The molecule has 0 aromatic carbocycles. The molecule has 8 nitrogen and oxygen atoms in total. The second-order valence-corrected chi connectivity index (χ2v) is 6.06. The minimum absolute atomic E-state index is 0.0565. The van der Waals surface area contributed by atoms with Gasteiger partial charge in [0.15, 0.2) is 5.82 Å². The zero-order chi connectivity index (χ0) is 17.1. The van der Waals surface area contributed by atoms with Crippen molar-refractivity contribution in [1.29, 1.82) is 0 Å². The molecule has 0 radical (unpaired) electrons. The number of likely N-dealkylation sites (tertiary alicyclic amines) is 1. The topological polar surface area (TPSA) is 85.4 Å². The molecule has 1 saturated heterocycles. The zero-order valence-electron chi connectivity index (χ0n) is 14.2. The van der Waals surface area contributed by atoms with Crippen LogP contribution in [0.4, 0.5) is 4.79 Å². The monoisotopic (exact) mass is 333 g/mol. The molecule has 1 N–H and O–H groups in total. The van der Waals surface area contributed by atoms with E-state index < -0.39 is 0 Å². The molecule has 24 heavy (non-hydrogen) atoms. The summed E-state index contributed by atoms with van der Waals surface area (Å²) in [5.41, 5.74) is 0. The van der Waals surface area contributed by atoms with E-state index in [0.717, 1.165) is 24.4 Å². The Bertz CT molecular complexity index is 695. The van der Waals surface area contributed by atoms with Crippen molar-refractivity contribution in [3.8, 4) is 0 Å². The predicted molar refractivity (Wildman–Crippen MR) is 86.3 cm³/mol. The average Bonchev–Trinajstić information content (AvgIpc) is 3.26. The van der Waals surface area contributed by atoms with Crippen LogP contribution in [0.15, 0.2) is 22.9 Å². The maximum atomic E-state index is 12.8. The van der Waals surface area contributed by atoms with Crippen LogP contribution in [-0.2, 0) is 11.8 Å². The highest BCUT2D eigenvalue weighted by atomic mass is 16.5. The van der Waals surface area contributed by atoms with Crippen LogP contribution < -0.4 is 5.32 Å². The lowest BCUT2D eigenvalue weighted by atomic mass is 10.2. The molecular weight excluding hydrogens is 310 g/mol. The van der Waals surface area contributed by atoms with Crippen LogP contribution in [0.25, 0.3) is 0 Å². The van der Waals surface area contributed by atoms with Crippen molar-refractivity contribution in [1.82, 2.24) is 25.0 Å². The van der Waals surface area contributed by atoms with Gasteiger partial charge in [-0.15, -0.1) is 10.2 Å². The molecule has 0 aliphatic carbocycles. The molecule has 0 unspecified atom stereocenters. The minimum atomic E-state index is -0.322. The summed E-state index contributed by atoms with van der Waals surface area (Å²) in [5.74, 6) is 2.30. The minimum Gasteiger partial charge on any atom is -0.464 e. The number of rotatable bonds is 5. The smallest absolute Gasteiger partial charge is 0.318 e. The van der Waals surface area contributed by atoms with E-state index in [-0.39, 0.29) is 18.1 Å². The first-order chi connectivity index (χ1) is 11.6. The number of urea groups is 1. The summed E-state index contributed by atoms with van der Waals surface area (Å²) < 4.78 is 12.7. The Balaban J connectivity index is 1.73. The number of ether oxygens (including phenoxy) is 1. The van der Waals surface area contributed by atoms with Gasteiger partial charge in [0.05, 0.1) is 12.6 Å². The molecule has 1 fully saturated rings. The summed E-state index contributed by atoms with van der Waals surface area (Å²) in [4.78, 5) is 14.6. The van der Waals surface area contributed by atoms with Crippen LogP contribution in [0.1, 0.15) is 42.3 Å². The SMILES string of the molecule is COC[C@H](NC(=O)N1CCC[C@H]1c1nncn1C)c1ccc(C)o1. The highest BCUT2D eigenvalue weighted by molar-refractivity contribution is 5.75. The van der Waals surface area contributed by atoms with Gasteiger partial charge in [0.2, 0.25) is 0 Å². The molecule has 2 aromatic heterocycles. The van der Waals surface area contributed by atoms with Gasteiger partial charge >= 0.3 is 6.03 Å². The number of aromatic nitrogens is 3. The van der Waals surface area contributed by atoms with Crippen molar-refractivity contribution >= 4 is 6.03 Å². The second kappa shape index (κ2) is 7.04. The number of carbonyl (C=O) groups is 1. The standard InChI is InChI=1S/C16H23N5O3/c1-11-6-7-14(24-11)12(9-23-3)18-16(22)21-8-4-5-13(21)15-19-17-10-20(15)2/h6-7,10,12-13H,4-5,8-9H2,1-3H3,(H,18,22)/t12-,13-/m0/s1. The van der Waals surface area contributed by atoms with Crippen molar-refractivity contribution in [3.63, 3.8) is 0 Å². The van der Waals surface area contributed by atoms with Crippen LogP contribution >= 0.6 is 0 Å². The number of nitrogens with one attached hydrogen (secondary N) is 1. The van der Waals surface area contributed by atoms with Gasteiger partial charge in [-0.25, -0.2) is 4.79 Å². The lowest BCUT2D eigenvalue weighted by Gasteiger charge is -2.26. The van der Waals surface area contributed by atoms with Gasteiger partial charge < -0.3 is 23.9 Å². The van der Waals surface area contributed by atoms with Crippen molar-refractivity contribution < 1.29 is 13.9 Å². The van der Waals surface area contributed by atoms with Crippen LogP contribution in [0.2, 0.25) is 0 Å². The fourth-order valence-electron chi connectivity index (χ4n) is 3.11. The van der Waals surface area contributed by atoms with Crippen LogP contribution in [0.3, 0.4) is 0 Å². The Hall–Kier alpha value is -2.35. The maximum absolute atomic E-state index is 12.8. The van der Waals surface area contributed by atoms with Crippen molar-refractivity contribution in [2.45, 2.75) is 31.8 Å². The molecule has 3 heterocycles. The summed E-state index contributed by atoms with van der Waals surface area (Å²) in [7, 11) is 3.50. The number of aryl methyl sites for hydroxylation is 2. The first kappa shape index (κ1) is 16.5. The molecule has 0 saturated carbocycles. The van der Waals surface area contributed by atoms with Gasteiger partial charge in [-0.2, -0.15) is 0 Å². The molecule has 3 rings (SSSR count). The van der Waals surface area contributed by atoms with Gasteiger partial charge in [0.25, 0.3) is 0 Å². The Morgan fingerprint density at radius 1 is 1.54 bits per heavy atom. The van der Waals surface area contributed by atoms with Crippen LogP contribution in [-0.4, -0.2) is 46.0 Å². The third kappa shape index (κ3) is 3.28. The van der Waals surface area contributed by atoms with E-state index in [1.54, 1.807) is 13.4 Å². The molecule has 0 bridgehead atoms. The normalized spacial score (nSPS) is 18.8. The molecule has 130 valence electrons. The Morgan fingerprint density at radius 3 is 3.00 bits per heavy atom. The van der Waals surface area contributed by atoms with Crippen molar-refractivity contribution in [3.05, 3.63) is 35.8 Å². The van der Waals surface area contributed by atoms with Gasteiger partial charge in [0.1, 0.15) is 23.9 Å². The van der Waals surface area contributed by atoms with Gasteiger partial charge in [0, 0.05) is 20.7 Å². The number of hydrogen-bond acceptors (Lipinski definition) is 5. The zero-order valence-corrected chi connectivity index (χ0v) is 14.2. The third-order valence-corrected chi connectivity index (χ3v) is 4.29. The molecule has 2 atom stereocenters. The number of amides is 2. The number of carbonyl (C=O) groups excluding carboxylic acids is 1. The summed E-state index contributed by atoms with van der Waals surface area (Å²) in [5, 5.41) is 11.1. The van der Waals surface area contributed by atoms with Gasteiger partial charge in [-0.3, -0.25) is 0 Å². The summed E-state index contributed by atoms with van der Waals surface area (Å²) >= 11 is 0. The Labute approximate surface area is 140 Å². The molecule has 2 amide bonds. The van der Waals surface area contributed by atoms with Crippen LogP contribution in [0.5, 0.6) is 0 Å². The van der Waals surface area contributed by atoms with E-state index in [2.05, 4.69) is 15.5 Å². The fraction of sp³-hybridized carbons (Fsp3) is 0.562. The highest BCUT2D eigenvalue weighted by Crippen LogP contribution is 2.30. The summed E-state index contributed by atoms with van der Waals surface area (Å²) in [6.45, 7) is 2.92. The van der Waals surface area contributed by atoms with Gasteiger partial charge in [-0.05, 0) is 31.9 Å². The van der Waals surface area contributed by atoms with E-state index in [4.69, 9.17) is 9.15 Å². The van der Waals surface area contributed by atoms with E-state index >= 15 is 0 Å². The predicted octanol–water partition coefficient (Wildman–Crippen LogP) is 1.95. The first-order valence-electron chi connectivity index (χ1n) is 8.06. The fourth-order valence-corrected chi connectivity index (χ4v) is 3.11. The van der Waals surface area contributed by atoms with E-state index in [9.17, 15) is 4.79 Å². The number of nitrogens with zero attached hydrogens (tertiary/aromatic N) is 4. The van der Waals surface area contributed by atoms with E-state index in [1.807, 2.05) is 35.6 Å². The average molecular weight is 333 g/mol. The lowest BCUT2D eigenvalue weighted by molar-refractivity contribution is 0.144. The maximum Gasteiger partial charge on any atom is 0.318 e.